The normalized spacial score (nSPS) is 11.4. The van der Waals surface area contributed by atoms with Crippen LogP contribution in [0.25, 0.3) is 0 Å². The van der Waals surface area contributed by atoms with Gasteiger partial charge in [-0.15, -0.1) is 11.8 Å². The molecule has 32 heavy (non-hydrogen) atoms. The van der Waals surface area contributed by atoms with Crippen molar-refractivity contribution >= 4 is 52.1 Å². The highest BCUT2D eigenvalue weighted by Crippen LogP contribution is 2.28. The van der Waals surface area contributed by atoms with Crippen molar-refractivity contribution in [1.29, 1.82) is 0 Å². The van der Waals surface area contributed by atoms with Crippen molar-refractivity contribution in [1.82, 2.24) is 0 Å². The van der Waals surface area contributed by atoms with Crippen LogP contribution >= 0.6 is 24.0 Å². The lowest BCUT2D eigenvalue weighted by atomic mass is 10.1. The van der Waals surface area contributed by atoms with Crippen molar-refractivity contribution in [3.63, 3.8) is 0 Å². The summed E-state index contributed by atoms with van der Waals surface area (Å²) >= 11 is 6.94. The maximum absolute atomic E-state index is 12.6. The third kappa shape index (κ3) is 6.48. The zero-order chi connectivity index (χ0) is 23.1. The average molecular weight is 466 g/mol. The Bertz CT molecular complexity index is 1120. The fourth-order valence-corrected chi connectivity index (χ4v) is 4.15. The molecule has 0 aliphatic rings. The molecule has 3 rings (SSSR count). The summed E-state index contributed by atoms with van der Waals surface area (Å²) in [7, 11) is 1.62. The molecule has 1 amide bonds. The van der Waals surface area contributed by atoms with Crippen LogP contribution < -0.4 is 20.7 Å². The van der Waals surface area contributed by atoms with Crippen LogP contribution in [0.15, 0.2) is 71.6 Å². The monoisotopic (exact) mass is 465 g/mol. The number of rotatable bonds is 7. The van der Waals surface area contributed by atoms with E-state index in [1.165, 1.54) is 17.3 Å². The lowest BCUT2D eigenvalue weighted by molar-refractivity contribution is -0.115. The predicted octanol–water partition coefficient (Wildman–Crippen LogP) is 6.24. The van der Waals surface area contributed by atoms with Gasteiger partial charge in [0.05, 0.1) is 18.0 Å². The Labute approximate surface area is 199 Å². The Morgan fingerprint density at radius 1 is 0.906 bits per heavy atom. The van der Waals surface area contributed by atoms with Crippen LogP contribution in [0.4, 0.5) is 17.1 Å². The molecule has 0 aliphatic carbocycles. The summed E-state index contributed by atoms with van der Waals surface area (Å²) in [6, 6.07) is 21.3. The lowest BCUT2D eigenvalue weighted by Gasteiger charge is -2.15. The van der Waals surface area contributed by atoms with E-state index in [0.717, 1.165) is 27.5 Å². The third-order valence-corrected chi connectivity index (χ3v) is 6.20. The Morgan fingerprint density at radius 2 is 1.66 bits per heavy atom. The average Bonchev–Trinajstić information content (AvgIpc) is 2.76. The largest absolute Gasteiger partial charge is 0.495 e. The van der Waals surface area contributed by atoms with Crippen LogP contribution in [-0.4, -0.2) is 23.4 Å². The number of anilines is 3. The van der Waals surface area contributed by atoms with Crippen molar-refractivity contribution in [2.45, 2.75) is 30.9 Å². The van der Waals surface area contributed by atoms with E-state index in [2.05, 4.69) is 22.9 Å². The number of thiocarbonyl (C=S) groups is 1. The quantitative estimate of drug-likeness (QED) is 0.284. The molecule has 0 aliphatic heterocycles. The third-order valence-electron chi connectivity index (χ3n) is 4.90. The second-order valence-electron chi connectivity index (χ2n) is 7.36. The summed E-state index contributed by atoms with van der Waals surface area (Å²) in [5.41, 5.74) is 4.79. The number of carbonyl (C=O) groups excluding carboxylic acids is 1. The topological polar surface area (TPSA) is 62.4 Å². The Morgan fingerprint density at radius 3 is 2.41 bits per heavy atom. The number of methoxy groups -OCH3 is 1. The van der Waals surface area contributed by atoms with E-state index in [9.17, 15) is 4.79 Å². The molecule has 0 heterocycles. The summed E-state index contributed by atoms with van der Waals surface area (Å²) in [6.45, 7) is 5.99. The van der Waals surface area contributed by atoms with Crippen LogP contribution in [0.3, 0.4) is 0 Å². The predicted molar refractivity (Wildman–Crippen MR) is 139 cm³/mol. The van der Waals surface area contributed by atoms with Gasteiger partial charge in [0, 0.05) is 16.3 Å². The summed E-state index contributed by atoms with van der Waals surface area (Å²) in [4.78, 5) is 13.6. The van der Waals surface area contributed by atoms with Crippen LogP contribution in [0, 0.1) is 13.8 Å². The molecule has 166 valence electrons. The smallest absolute Gasteiger partial charge is 0.237 e. The SMILES string of the molecule is COc1ccccc1NC(=S)Nc1cccc(SC(C)C(=O)Nc2ccc(C)c(C)c2)c1. The number of amides is 1. The van der Waals surface area contributed by atoms with Gasteiger partial charge in [-0.2, -0.15) is 0 Å². The van der Waals surface area contributed by atoms with Crippen molar-refractivity contribution in [3.8, 4) is 5.75 Å². The van der Waals surface area contributed by atoms with Gasteiger partial charge in [0.2, 0.25) is 5.91 Å². The van der Waals surface area contributed by atoms with Crippen molar-refractivity contribution in [2.24, 2.45) is 0 Å². The maximum Gasteiger partial charge on any atom is 0.237 e. The molecule has 3 aromatic carbocycles. The van der Waals surface area contributed by atoms with Gasteiger partial charge in [0.25, 0.3) is 0 Å². The highest BCUT2D eigenvalue weighted by Gasteiger charge is 2.15. The molecule has 0 spiro atoms. The molecule has 7 heteroatoms. The molecule has 1 unspecified atom stereocenters. The Balaban J connectivity index is 1.59. The molecule has 3 aromatic rings. The van der Waals surface area contributed by atoms with Gasteiger partial charge in [0.1, 0.15) is 5.75 Å². The minimum atomic E-state index is -0.259. The van der Waals surface area contributed by atoms with Crippen LogP contribution in [-0.2, 0) is 4.79 Å². The first-order valence-electron chi connectivity index (χ1n) is 10.2. The molecule has 0 bridgehead atoms. The molecule has 1 atom stereocenters. The number of hydrogen-bond donors (Lipinski definition) is 3. The van der Waals surface area contributed by atoms with E-state index in [1.807, 2.05) is 80.6 Å². The van der Waals surface area contributed by atoms with Gasteiger partial charge in [0.15, 0.2) is 5.11 Å². The number of aryl methyl sites for hydroxylation is 2. The number of ether oxygens (including phenoxy) is 1. The molecular weight excluding hydrogens is 438 g/mol. The minimum absolute atomic E-state index is 0.0371. The zero-order valence-electron chi connectivity index (χ0n) is 18.6. The molecule has 0 saturated carbocycles. The molecule has 0 aromatic heterocycles. The van der Waals surface area contributed by atoms with Crippen LogP contribution in [0.2, 0.25) is 0 Å². The number of benzene rings is 3. The van der Waals surface area contributed by atoms with E-state index < -0.39 is 0 Å². The first-order valence-corrected chi connectivity index (χ1v) is 11.5. The van der Waals surface area contributed by atoms with Gasteiger partial charge in [-0.1, -0.05) is 24.3 Å². The number of carbonyl (C=O) groups is 1. The number of hydrogen-bond acceptors (Lipinski definition) is 4. The first-order chi connectivity index (χ1) is 15.4. The molecule has 0 radical (unpaired) electrons. The van der Waals surface area contributed by atoms with E-state index in [1.54, 1.807) is 7.11 Å². The first kappa shape index (κ1) is 23.6. The Hall–Kier alpha value is -3.03. The lowest BCUT2D eigenvalue weighted by Crippen LogP contribution is -2.22. The number of thioether (sulfide) groups is 1. The maximum atomic E-state index is 12.6. The van der Waals surface area contributed by atoms with E-state index in [4.69, 9.17) is 17.0 Å². The van der Waals surface area contributed by atoms with Crippen LogP contribution in [0.1, 0.15) is 18.1 Å². The fraction of sp³-hybridized carbons (Fsp3) is 0.200. The highest BCUT2D eigenvalue weighted by molar-refractivity contribution is 8.00. The second-order valence-corrected chi connectivity index (χ2v) is 9.18. The fourth-order valence-electron chi connectivity index (χ4n) is 3.00. The van der Waals surface area contributed by atoms with Gasteiger partial charge >= 0.3 is 0 Å². The molecule has 0 fully saturated rings. The van der Waals surface area contributed by atoms with E-state index in [0.29, 0.717) is 10.9 Å². The summed E-state index contributed by atoms with van der Waals surface area (Å²) in [5, 5.41) is 9.53. The minimum Gasteiger partial charge on any atom is -0.495 e. The van der Waals surface area contributed by atoms with E-state index >= 15 is 0 Å². The van der Waals surface area contributed by atoms with E-state index in [-0.39, 0.29) is 11.2 Å². The van der Waals surface area contributed by atoms with Gasteiger partial charge < -0.3 is 20.7 Å². The van der Waals surface area contributed by atoms with Gasteiger partial charge in [-0.25, -0.2) is 0 Å². The summed E-state index contributed by atoms with van der Waals surface area (Å²) < 4.78 is 5.35. The molecule has 0 saturated heterocycles. The van der Waals surface area contributed by atoms with Crippen molar-refractivity contribution in [2.75, 3.05) is 23.1 Å². The summed E-state index contributed by atoms with van der Waals surface area (Å²) in [6.07, 6.45) is 0. The van der Waals surface area contributed by atoms with Crippen LogP contribution in [0.5, 0.6) is 5.75 Å². The van der Waals surface area contributed by atoms with Gasteiger partial charge in [-0.3, -0.25) is 4.79 Å². The van der Waals surface area contributed by atoms with Crippen molar-refractivity contribution in [3.05, 3.63) is 77.9 Å². The zero-order valence-corrected chi connectivity index (χ0v) is 20.2. The molecular formula is C25H27N3O2S2. The van der Waals surface area contributed by atoms with Crippen molar-refractivity contribution < 1.29 is 9.53 Å². The molecule has 5 nitrogen and oxygen atoms in total. The second kappa shape index (κ2) is 11.0. The standard InChI is InChI=1S/C25H27N3O2S2/c1-16-12-13-20(14-17(16)2)26-24(29)18(3)32-21-9-7-8-19(15-21)27-25(31)28-22-10-5-6-11-23(22)30-4/h5-15,18H,1-4H3,(H,26,29)(H2,27,28,31). The summed E-state index contributed by atoms with van der Waals surface area (Å²) in [5.74, 6) is 0.675. The molecule has 3 N–H and O–H groups in total. The highest BCUT2D eigenvalue weighted by atomic mass is 32.2. The number of para-hydroxylation sites is 2. The number of nitrogens with one attached hydrogen (secondary N) is 3. The Kier molecular flexibility index (Phi) is 8.14. The van der Waals surface area contributed by atoms with Gasteiger partial charge in [-0.05, 0) is 86.6 Å².